The number of aliphatic imine (C=N–C) groups is 1. The first-order valence-corrected chi connectivity index (χ1v) is 3.11. The Bertz CT molecular complexity index is 250. The van der Waals surface area contributed by atoms with E-state index in [-0.39, 0.29) is 6.42 Å². The van der Waals surface area contributed by atoms with Crippen molar-refractivity contribution >= 4 is 24.6 Å². The number of ketones is 1. The van der Waals surface area contributed by atoms with Crippen molar-refractivity contribution in [3.05, 3.63) is 12.4 Å². The monoisotopic (exact) mass is 151 g/mol. The summed E-state index contributed by atoms with van der Waals surface area (Å²) in [6, 6.07) is 0. The summed E-state index contributed by atoms with van der Waals surface area (Å²) >= 11 is 0. The van der Waals surface area contributed by atoms with Crippen LogP contribution in [0.5, 0.6) is 0 Å². The van der Waals surface area contributed by atoms with Gasteiger partial charge in [-0.25, -0.2) is 4.58 Å². The molecular formula is C7H7N2O2+. The molecule has 4 heteroatoms. The van der Waals surface area contributed by atoms with E-state index >= 15 is 0 Å². The van der Waals surface area contributed by atoms with Crippen LogP contribution in [0.3, 0.4) is 0 Å². The van der Waals surface area contributed by atoms with Gasteiger partial charge in [0.15, 0.2) is 12.5 Å². The van der Waals surface area contributed by atoms with Gasteiger partial charge in [0.05, 0.1) is 12.6 Å². The Morgan fingerprint density at radius 2 is 2.45 bits per heavy atom. The fourth-order valence-corrected chi connectivity index (χ4v) is 0.621. The lowest BCUT2D eigenvalue weighted by Crippen LogP contribution is -2.06. The lowest BCUT2D eigenvalue weighted by Gasteiger charge is -1.83. The number of Topliss-reactive ketones (excluding diaryl/α,β-unsaturated/α-hetero) is 1. The first-order valence-electron chi connectivity index (χ1n) is 3.11. The molecule has 1 heterocycles. The van der Waals surface area contributed by atoms with Crippen molar-refractivity contribution in [1.82, 2.24) is 0 Å². The Morgan fingerprint density at radius 3 is 3.00 bits per heavy atom. The van der Waals surface area contributed by atoms with E-state index in [1.54, 1.807) is 29.5 Å². The maximum absolute atomic E-state index is 10.5. The first kappa shape index (κ1) is 7.53. The molecule has 0 aromatic carbocycles. The minimum atomic E-state index is -0.432. The number of carbonyl (C=O) groups excluding carboxylic acids is 2. The normalized spacial score (nSPS) is 17.6. The van der Waals surface area contributed by atoms with Gasteiger partial charge in [0.25, 0.3) is 6.34 Å². The fourth-order valence-electron chi connectivity index (χ4n) is 0.621. The van der Waals surface area contributed by atoms with E-state index in [0.717, 1.165) is 0 Å². The summed E-state index contributed by atoms with van der Waals surface area (Å²) in [5.41, 5.74) is 0. The van der Waals surface area contributed by atoms with Gasteiger partial charge in [-0.2, -0.15) is 0 Å². The van der Waals surface area contributed by atoms with Crippen LogP contribution < -0.4 is 0 Å². The predicted molar refractivity (Wildman–Crippen MR) is 39.6 cm³/mol. The van der Waals surface area contributed by atoms with Gasteiger partial charge in [0.1, 0.15) is 6.20 Å². The summed E-state index contributed by atoms with van der Waals surface area (Å²) in [4.78, 5) is 24.1. The molecule has 0 fully saturated rings. The molecule has 0 unspecified atom stereocenters. The molecule has 11 heavy (non-hydrogen) atoms. The molecule has 0 atom stereocenters. The second kappa shape index (κ2) is 3.55. The molecule has 0 aliphatic carbocycles. The molecule has 0 N–H and O–H groups in total. The maximum atomic E-state index is 10.5. The smallest absolute Gasteiger partial charge is 0.290 e. The SMILES string of the molecule is O=CC(=O)CC=[N+]1C=CN=C1. The van der Waals surface area contributed by atoms with Crippen molar-refractivity contribution < 1.29 is 14.2 Å². The molecule has 1 aliphatic heterocycles. The molecular weight excluding hydrogens is 144 g/mol. The van der Waals surface area contributed by atoms with Crippen molar-refractivity contribution in [2.24, 2.45) is 4.99 Å². The van der Waals surface area contributed by atoms with Crippen LogP contribution in [0, 0.1) is 0 Å². The molecule has 0 saturated heterocycles. The Hall–Kier alpha value is -1.58. The van der Waals surface area contributed by atoms with E-state index in [0.29, 0.717) is 6.29 Å². The Kier molecular flexibility index (Phi) is 2.43. The molecule has 1 aliphatic rings. The van der Waals surface area contributed by atoms with Crippen molar-refractivity contribution in [2.75, 3.05) is 0 Å². The van der Waals surface area contributed by atoms with E-state index in [4.69, 9.17) is 0 Å². The van der Waals surface area contributed by atoms with E-state index in [2.05, 4.69) is 4.99 Å². The first-order chi connectivity index (χ1) is 5.33. The second-order valence-electron chi connectivity index (χ2n) is 1.98. The van der Waals surface area contributed by atoms with Gasteiger partial charge in [-0.3, -0.25) is 9.59 Å². The summed E-state index contributed by atoms with van der Waals surface area (Å²) in [6.45, 7) is 0. The number of nitrogens with zero attached hydrogens (tertiary/aromatic N) is 2. The van der Waals surface area contributed by atoms with Crippen LogP contribution >= 0.6 is 0 Å². The highest BCUT2D eigenvalue weighted by Gasteiger charge is 2.01. The average Bonchev–Trinajstić information content (AvgIpc) is 2.52. The highest BCUT2D eigenvalue weighted by atomic mass is 16.2. The van der Waals surface area contributed by atoms with Crippen molar-refractivity contribution in [3.8, 4) is 0 Å². The van der Waals surface area contributed by atoms with Gasteiger partial charge in [0.2, 0.25) is 5.78 Å². The molecule has 0 radical (unpaired) electrons. The van der Waals surface area contributed by atoms with E-state index < -0.39 is 5.78 Å². The molecule has 0 aromatic heterocycles. The molecule has 0 aromatic rings. The van der Waals surface area contributed by atoms with Crippen molar-refractivity contribution in [1.29, 1.82) is 0 Å². The topological polar surface area (TPSA) is 49.5 Å². The average molecular weight is 151 g/mol. The Labute approximate surface area is 63.6 Å². The molecule has 0 amide bonds. The highest BCUT2D eigenvalue weighted by Crippen LogP contribution is 1.86. The Balaban J connectivity index is 2.47. The minimum absolute atomic E-state index is 0.125. The van der Waals surface area contributed by atoms with Gasteiger partial charge in [-0.1, -0.05) is 4.99 Å². The zero-order valence-corrected chi connectivity index (χ0v) is 5.80. The van der Waals surface area contributed by atoms with Crippen LogP contribution in [-0.4, -0.2) is 29.2 Å². The van der Waals surface area contributed by atoms with Crippen molar-refractivity contribution in [3.63, 3.8) is 0 Å². The van der Waals surface area contributed by atoms with Gasteiger partial charge in [-0.05, 0) is 0 Å². The minimum Gasteiger partial charge on any atom is -0.295 e. The van der Waals surface area contributed by atoms with Gasteiger partial charge in [0, 0.05) is 0 Å². The second-order valence-corrected chi connectivity index (χ2v) is 1.98. The summed E-state index contributed by atoms with van der Waals surface area (Å²) < 4.78 is 1.63. The number of hydrogen-bond acceptors (Lipinski definition) is 3. The maximum Gasteiger partial charge on any atom is 0.290 e. The van der Waals surface area contributed by atoms with Crippen LogP contribution in [0.1, 0.15) is 6.42 Å². The van der Waals surface area contributed by atoms with Crippen LogP contribution in [-0.2, 0) is 9.59 Å². The Morgan fingerprint density at radius 1 is 1.64 bits per heavy atom. The highest BCUT2D eigenvalue weighted by molar-refractivity contribution is 6.27. The largest absolute Gasteiger partial charge is 0.295 e. The quantitative estimate of drug-likeness (QED) is 0.317. The molecule has 0 saturated carbocycles. The summed E-state index contributed by atoms with van der Waals surface area (Å²) in [5.74, 6) is -0.432. The summed E-state index contributed by atoms with van der Waals surface area (Å²) in [7, 11) is 0. The van der Waals surface area contributed by atoms with Gasteiger partial charge in [-0.15, -0.1) is 0 Å². The number of rotatable bonds is 3. The third-order valence-corrected chi connectivity index (χ3v) is 1.16. The van der Waals surface area contributed by atoms with Crippen LogP contribution in [0.2, 0.25) is 0 Å². The van der Waals surface area contributed by atoms with E-state index in [1.807, 2.05) is 0 Å². The standard InChI is InChI=1S/C7H7N2O2/c10-5-7(11)1-3-9-4-2-8-6-9/h2-6H,1H2/q+1. The third-order valence-electron chi connectivity index (χ3n) is 1.16. The van der Waals surface area contributed by atoms with Crippen LogP contribution in [0.15, 0.2) is 17.4 Å². The summed E-state index contributed by atoms with van der Waals surface area (Å²) in [5, 5.41) is 0. The van der Waals surface area contributed by atoms with E-state index in [9.17, 15) is 9.59 Å². The zero-order valence-electron chi connectivity index (χ0n) is 5.80. The van der Waals surface area contributed by atoms with E-state index in [1.165, 1.54) is 0 Å². The van der Waals surface area contributed by atoms with Gasteiger partial charge >= 0.3 is 0 Å². The molecule has 0 spiro atoms. The summed E-state index contributed by atoms with van der Waals surface area (Å²) in [6.07, 6.45) is 6.87. The number of aldehydes is 1. The molecule has 4 nitrogen and oxygen atoms in total. The lowest BCUT2D eigenvalue weighted by atomic mass is 10.3. The third kappa shape index (κ3) is 2.25. The molecule has 0 bridgehead atoms. The van der Waals surface area contributed by atoms with Crippen molar-refractivity contribution in [2.45, 2.75) is 6.42 Å². The fraction of sp³-hybridized carbons (Fsp3) is 0.143. The molecule has 56 valence electrons. The number of hydrogen-bond donors (Lipinski definition) is 0. The van der Waals surface area contributed by atoms with Crippen LogP contribution in [0.4, 0.5) is 0 Å². The lowest BCUT2D eigenvalue weighted by molar-refractivity contribution is -0.304. The zero-order chi connectivity index (χ0) is 8.10. The van der Waals surface area contributed by atoms with Crippen LogP contribution in [0.25, 0.3) is 0 Å². The van der Waals surface area contributed by atoms with Gasteiger partial charge < -0.3 is 0 Å². The number of carbonyl (C=O) groups is 2. The molecule has 1 rings (SSSR count). The predicted octanol–water partition coefficient (Wildman–Crippen LogP) is -0.259.